The Balaban J connectivity index is 0. The Morgan fingerprint density at radius 2 is 0.871 bits per heavy atom. The smallest absolute Gasteiger partial charge is 0.858 e. The van der Waals surface area contributed by atoms with Gasteiger partial charge in [0, 0.05) is 21.5 Å². The molecule has 0 amide bonds. The van der Waals surface area contributed by atoms with E-state index in [2.05, 4.69) is 9.98 Å². The Morgan fingerprint density at radius 1 is 0.452 bits per heavy atom. The molecule has 0 aliphatic carbocycles. The van der Waals surface area contributed by atoms with Gasteiger partial charge in [-0.05, 0) is 77.5 Å². The van der Waals surface area contributed by atoms with Crippen molar-refractivity contribution in [2.75, 3.05) is 0 Å². The Bertz CT molecular complexity index is 3330. The molecule has 0 saturated heterocycles. The van der Waals surface area contributed by atoms with E-state index in [4.69, 9.17) is 0 Å². The molecule has 0 spiro atoms. The predicted molar refractivity (Wildman–Crippen MR) is 178 cm³/mol. The van der Waals surface area contributed by atoms with Crippen LogP contribution in [0, 0.1) is 0 Å². The molecule has 0 bridgehead atoms. The van der Waals surface area contributed by atoms with Gasteiger partial charge in [0.2, 0.25) is 0 Å². The van der Waals surface area contributed by atoms with Crippen molar-refractivity contribution in [3.8, 4) is 0 Å². The largest absolute Gasteiger partial charge is 1.00 e. The summed E-state index contributed by atoms with van der Waals surface area (Å²) in [6, 6.07) is 6.84. The number of nitrogens with zero attached hydrogens (tertiary/aromatic N) is 2. The van der Waals surface area contributed by atoms with Crippen LogP contribution in [0.15, 0.2) is 112 Å². The van der Waals surface area contributed by atoms with Gasteiger partial charge in [0.1, 0.15) is 50.3 Å². The molecule has 5 rings (SSSR count). The molecular weight excluding hydrogens is 1010 g/mol. The zero-order chi connectivity index (χ0) is 42.1. The van der Waals surface area contributed by atoms with Gasteiger partial charge in [-0.25, -0.2) is 33.7 Å². The molecule has 34 heteroatoms. The van der Waals surface area contributed by atoms with Crippen LogP contribution in [0.2, 0.25) is 0 Å². The van der Waals surface area contributed by atoms with Crippen molar-refractivity contribution in [2.45, 2.75) is 29.4 Å². The predicted octanol–water partition coefficient (Wildman–Crippen LogP) is -19.0. The Labute approximate surface area is 485 Å². The van der Waals surface area contributed by atoms with E-state index in [1.54, 1.807) is 0 Å². The minimum atomic E-state index is -5.60. The third-order valence-corrected chi connectivity index (χ3v) is 12.6. The summed E-state index contributed by atoms with van der Waals surface area (Å²) in [7, 11) is -33.5. The minimum absolute atomic E-state index is 0. The zero-order valence-electron chi connectivity index (χ0n) is 32.5. The van der Waals surface area contributed by atoms with Gasteiger partial charge in [0.05, 0.1) is 31.0 Å². The van der Waals surface area contributed by atoms with Gasteiger partial charge in [0.25, 0.3) is 20.2 Å². The molecule has 62 heavy (non-hydrogen) atoms. The van der Waals surface area contributed by atoms with Crippen molar-refractivity contribution >= 4 is 105 Å². The van der Waals surface area contributed by atoms with Gasteiger partial charge in [-0.3, -0.25) is 19.1 Å². The minimum Gasteiger partial charge on any atom is -0.858 e. The fraction of sp³-hybridized carbons (Fsp3) is 0. The summed E-state index contributed by atoms with van der Waals surface area (Å²) in [5.74, 6) is -2.85. The first-order valence-corrected chi connectivity index (χ1v) is 22.5. The van der Waals surface area contributed by atoms with Gasteiger partial charge in [-0.15, -0.1) is 0 Å². The molecule has 298 valence electrons. The molecule has 0 aliphatic rings. The second-order valence-electron chi connectivity index (χ2n) is 11.0. The van der Waals surface area contributed by atoms with Crippen LogP contribution in [0.1, 0.15) is 11.1 Å². The van der Waals surface area contributed by atoms with Crippen molar-refractivity contribution < 1.29 is 265 Å². The molecular formula is C28H14N2Na6O20S6. The van der Waals surface area contributed by atoms with E-state index >= 15 is 0 Å². The molecule has 5 aromatic carbocycles. The molecule has 0 radical (unpaired) electrons. The Morgan fingerprint density at radius 3 is 1.29 bits per heavy atom. The summed E-state index contributed by atoms with van der Waals surface area (Å²) in [6.45, 7) is 0. The molecule has 0 saturated carbocycles. The first kappa shape index (κ1) is 65.1. The molecule has 0 heterocycles. The number of hydrogen-bond donors (Lipinski definition) is 2. The summed E-state index contributed by atoms with van der Waals surface area (Å²) < 4.78 is 211. The van der Waals surface area contributed by atoms with E-state index in [0.717, 1.165) is 24.3 Å². The summed E-state index contributed by atoms with van der Waals surface area (Å²) in [5, 5.41) is 22.5. The normalized spacial score (nSPS) is 12.7. The first-order chi connectivity index (χ1) is 25.4. The Hall–Kier alpha value is 1.02. The van der Waals surface area contributed by atoms with Crippen LogP contribution in [0.25, 0.3) is 21.5 Å². The third kappa shape index (κ3) is 15.0. The second kappa shape index (κ2) is 23.6. The van der Waals surface area contributed by atoms with E-state index in [1.165, 1.54) is 0 Å². The van der Waals surface area contributed by atoms with Crippen molar-refractivity contribution in [1.29, 1.82) is 0 Å². The molecule has 22 nitrogen and oxygen atoms in total. The second-order valence-corrected chi connectivity index (χ2v) is 19.3. The standard InChI is InChI=1S/C28H20N2O20S6.6Na/c31-27(30-20-5-7-22(54(42,43)44)19-10-16(52(36,37)38)12-24(26(19)20)56(48,49)50)13-2-1-3-14(8-13)29-28(32)17-4-6-21(53(39,40)41)18-9-15(51(33,34)35)11-23(25(17)18)55(45,46)47;;;;;;/h1-12H,(H,29,32)(H,30,31)(H,33,34,35)(H,36,37,38)(H,39,40,41)(H,42,43,44)(H,45,46,47)(H,48,49,50);;;;;;/q;6*+1/p-6. The summed E-state index contributed by atoms with van der Waals surface area (Å²) >= 11 is 0. The first-order valence-electron chi connectivity index (χ1n) is 14.0. The number of hydrogen-bond acceptors (Lipinski definition) is 20. The number of rotatable bonds is 10. The van der Waals surface area contributed by atoms with E-state index in [9.17, 15) is 88.0 Å². The fourth-order valence-corrected chi connectivity index (χ4v) is 9.26. The third-order valence-electron chi connectivity index (χ3n) is 7.45. The van der Waals surface area contributed by atoms with Crippen LogP contribution in [0.3, 0.4) is 0 Å². The SMILES string of the molecule is O=S(=O)([O-])c1cc(S(=O)(=O)O)c2c(N=C([O-])c3cccc(N=C([O-])c4ccc(S(=O)(=O)[O-])c5cc(S(=O)(=O)[O-])cc(S(=O)(=O)O)c45)c3)ccc(S(=O)(=O)[O-])c2c1.[Na+].[Na+].[Na+].[Na+].[Na+].[Na+]. The molecule has 0 atom stereocenters. The average molecular weight is 1030 g/mol. The molecule has 0 aromatic heterocycles. The van der Waals surface area contributed by atoms with E-state index in [0.29, 0.717) is 30.3 Å². The molecule has 0 aliphatic heterocycles. The van der Waals surface area contributed by atoms with Crippen LogP contribution >= 0.6 is 0 Å². The summed E-state index contributed by atoms with van der Waals surface area (Å²) in [6.07, 6.45) is 0. The number of benzene rings is 5. The van der Waals surface area contributed by atoms with Gasteiger partial charge in [-0.1, -0.05) is 18.2 Å². The van der Waals surface area contributed by atoms with Gasteiger partial charge in [-0.2, -0.15) is 16.8 Å². The van der Waals surface area contributed by atoms with Crippen molar-refractivity contribution in [3.63, 3.8) is 0 Å². The summed E-state index contributed by atoms with van der Waals surface area (Å²) in [5.41, 5.74) is -2.69. The van der Waals surface area contributed by atoms with Crippen LogP contribution in [0.4, 0.5) is 11.4 Å². The number of fused-ring (bicyclic) bond motifs is 2. The van der Waals surface area contributed by atoms with Gasteiger partial charge >= 0.3 is 177 Å². The Kier molecular flexibility index (Phi) is 24.7. The van der Waals surface area contributed by atoms with Crippen LogP contribution < -0.4 is 188 Å². The zero-order valence-corrected chi connectivity index (χ0v) is 49.4. The van der Waals surface area contributed by atoms with Crippen molar-refractivity contribution in [1.82, 2.24) is 0 Å². The van der Waals surface area contributed by atoms with Crippen molar-refractivity contribution in [2.24, 2.45) is 9.98 Å². The van der Waals surface area contributed by atoms with Crippen LogP contribution in [-0.2, 0) is 60.7 Å². The molecule has 0 fully saturated rings. The maximum atomic E-state index is 13.4. The molecule has 5 aromatic rings. The average Bonchev–Trinajstić information content (AvgIpc) is 3.04. The monoisotopic (exact) mass is 1030 g/mol. The summed E-state index contributed by atoms with van der Waals surface area (Å²) in [4.78, 5) is -1.07. The van der Waals surface area contributed by atoms with Gasteiger partial charge in [0.15, 0.2) is 0 Å². The van der Waals surface area contributed by atoms with Crippen LogP contribution in [0.5, 0.6) is 0 Å². The van der Waals surface area contributed by atoms with Gasteiger partial charge < -0.3 is 28.4 Å². The van der Waals surface area contributed by atoms with E-state index < -0.39 is 146 Å². The molecule has 2 N–H and O–H groups in total. The maximum Gasteiger partial charge on any atom is 1.00 e. The van der Waals surface area contributed by atoms with Crippen molar-refractivity contribution in [3.05, 3.63) is 83.9 Å². The van der Waals surface area contributed by atoms with E-state index in [-0.39, 0.29) is 196 Å². The fourth-order valence-electron chi connectivity index (χ4n) is 5.23. The maximum absolute atomic E-state index is 13.4. The quantitative estimate of drug-likeness (QED) is 0.0567. The molecule has 0 unspecified atom stereocenters. The van der Waals surface area contributed by atoms with Crippen LogP contribution in [-0.4, -0.2) is 89.6 Å². The number of aliphatic imine (C=N–C) groups is 2. The topological polar surface area (TPSA) is 408 Å². The van der Waals surface area contributed by atoms with E-state index in [1.807, 2.05) is 0 Å².